The average Bonchev–Trinajstić information content (AvgIpc) is 2.89. The molecular formula is C11H12IN3OS. The fourth-order valence-electron chi connectivity index (χ4n) is 1.49. The molecule has 0 bridgehead atoms. The number of nitrogens with one attached hydrogen (secondary N) is 1. The zero-order valence-electron chi connectivity index (χ0n) is 9.26. The lowest BCUT2D eigenvalue weighted by Gasteiger charge is -2.13. The first-order chi connectivity index (χ1) is 8.15. The van der Waals surface area contributed by atoms with E-state index in [2.05, 4.69) is 32.9 Å². The van der Waals surface area contributed by atoms with E-state index >= 15 is 0 Å². The molecule has 1 amide bonds. The summed E-state index contributed by atoms with van der Waals surface area (Å²) in [6, 6.07) is 1.97. The van der Waals surface area contributed by atoms with Crippen LogP contribution in [-0.2, 0) is 6.54 Å². The summed E-state index contributed by atoms with van der Waals surface area (Å²) in [7, 11) is 0. The van der Waals surface area contributed by atoms with E-state index in [-0.39, 0.29) is 11.9 Å². The van der Waals surface area contributed by atoms with Gasteiger partial charge in [-0.3, -0.25) is 4.79 Å². The zero-order chi connectivity index (χ0) is 12.3. The van der Waals surface area contributed by atoms with E-state index in [0.717, 1.165) is 15.0 Å². The average molecular weight is 361 g/mol. The molecule has 0 aliphatic rings. The molecule has 0 saturated heterocycles. The lowest BCUT2D eigenvalue weighted by atomic mass is 10.2. The minimum atomic E-state index is -0.0169. The molecule has 0 aromatic carbocycles. The maximum atomic E-state index is 11.9. The normalized spacial score (nSPS) is 12.4. The van der Waals surface area contributed by atoms with E-state index in [0.29, 0.717) is 0 Å². The minimum Gasteiger partial charge on any atom is -0.348 e. The molecule has 1 N–H and O–H groups in total. The largest absolute Gasteiger partial charge is 0.348 e. The van der Waals surface area contributed by atoms with Crippen LogP contribution in [0.15, 0.2) is 30.2 Å². The monoisotopic (exact) mass is 361 g/mol. The third-order valence-corrected chi connectivity index (χ3v) is 4.04. The summed E-state index contributed by atoms with van der Waals surface area (Å²) < 4.78 is 3.07. The number of hydrogen-bond acceptors (Lipinski definition) is 3. The van der Waals surface area contributed by atoms with Crippen molar-refractivity contribution in [3.8, 4) is 0 Å². The lowest BCUT2D eigenvalue weighted by Crippen LogP contribution is -2.35. The van der Waals surface area contributed by atoms with E-state index < -0.39 is 0 Å². The molecule has 2 rings (SSSR count). The van der Waals surface area contributed by atoms with Crippen LogP contribution in [0.1, 0.15) is 17.3 Å². The van der Waals surface area contributed by atoms with Gasteiger partial charge in [-0.05, 0) is 35.6 Å². The SMILES string of the molecule is CC(Cn1ccnc1)NC(=O)c1csc(I)c1. The van der Waals surface area contributed by atoms with Gasteiger partial charge in [0.15, 0.2) is 0 Å². The Morgan fingerprint density at radius 3 is 3.12 bits per heavy atom. The fourth-order valence-corrected chi connectivity index (χ4v) is 2.82. The number of thiophene rings is 1. The second-order valence-corrected chi connectivity index (χ2v) is 6.58. The molecule has 6 heteroatoms. The van der Waals surface area contributed by atoms with Crippen LogP contribution < -0.4 is 5.32 Å². The van der Waals surface area contributed by atoms with Gasteiger partial charge in [-0.2, -0.15) is 0 Å². The van der Waals surface area contributed by atoms with Crippen molar-refractivity contribution >= 4 is 39.8 Å². The molecule has 0 spiro atoms. The molecule has 0 aliphatic heterocycles. The molecule has 2 aromatic rings. The van der Waals surface area contributed by atoms with Crippen molar-refractivity contribution in [3.05, 3.63) is 38.6 Å². The van der Waals surface area contributed by atoms with E-state index in [1.165, 1.54) is 0 Å². The molecule has 0 fully saturated rings. The maximum absolute atomic E-state index is 11.9. The minimum absolute atomic E-state index is 0.0169. The first-order valence-electron chi connectivity index (χ1n) is 5.16. The highest BCUT2D eigenvalue weighted by Gasteiger charge is 2.11. The number of hydrogen-bond donors (Lipinski definition) is 1. The number of aromatic nitrogens is 2. The van der Waals surface area contributed by atoms with Crippen LogP contribution in [-0.4, -0.2) is 21.5 Å². The fraction of sp³-hybridized carbons (Fsp3) is 0.273. The first kappa shape index (κ1) is 12.6. The van der Waals surface area contributed by atoms with E-state index in [1.54, 1.807) is 23.9 Å². The van der Waals surface area contributed by atoms with Crippen molar-refractivity contribution in [2.45, 2.75) is 19.5 Å². The summed E-state index contributed by atoms with van der Waals surface area (Å²) in [4.78, 5) is 15.8. The molecule has 1 atom stereocenters. The zero-order valence-corrected chi connectivity index (χ0v) is 12.2. The molecule has 17 heavy (non-hydrogen) atoms. The first-order valence-corrected chi connectivity index (χ1v) is 7.11. The Balaban J connectivity index is 1.90. The van der Waals surface area contributed by atoms with Gasteiger partial charge in [-0.25, -0.2) is 4.98 Å². The van der Waals surface area contributed by atoms with Crippen LogP contribution in [0.3, 0.4) is 0 Å². The summed E-state index contributed by atoms with van der Waals surface area (Å²) in [6.07, 6.45) is 5.36. The van der Waals surface area contributed by atoms with Crippen LogP contribution in [0.2, 0.25) is 0 Å². The van der Waals surface area contributed by atoms with E-state index in [4.69, 9.17) is 0 Å². The Hall–Kier alpha value is -0.890. The molecule has 1 unspecified atom stereocenters. The number of amides is 1. The predicted molar refractivity (Wildman–Crippen MR) is 76.2 cm³/mol. The van der Waals surface area contributed by atoms with Crippen LogP contribution in [0, 0.1) is 2.88 Å². The van der Waals surface area contributed by atoms with E-state index in [9.17, 15) is 4.79 Å². The van der Waals surface area contributed by atoms with Gasteiger partial charge in [0, 0.05) is 30.4 Å². The maximum Gasteiger partial charge on any atom is 0.252 e. The quantitative estimate of drug-likeness (QED) is 0.850. The van der Waals surface area contributed by atoms with Gasteiger partial charge in [0.25, 0.3) is 5.91 Å². The van der Waals surface area contributed by atoms with Crippen molar-refractivity contribution in [1.29, 1.82) is 0 Å². The standard InChI is InChI=1S/C11H12IN3OS/c1-8(5-15-3-2-13-7-15)14-11(16)9-4-10(12)17-6-9/h2-4,6-8H,5H2,1H3,(H,14,16). The molecule has 2 heterocycles. The van der Waals surface area contributed by atoms with Crippen molar-refractivity contribution in [3.63, 3.8) is 0 Å². The van der Waals surface area contributed by atoms with Crippen molar-refractivity contribution in [2.24, 2.45) is 0 Å². The molecule has 4 nitrogen and oxygen atoms in total. The van der Waals surface area contributed by atoms with Gasteiger partial charge in [-0.15, -0.1) is 11.3 Å². The van der Waals surface area contributed by atoms with Crippen LogP contribution in [0.25, 0.3) is 0 Å². The molecule has 0 radical (unpaired) electrons. The van der Waals surface area contributed by atoms with Gasteiger partial charge in [0.1, 0.15) is 0 Å². The summed E-state index contributed by atoms with van der Waals surface area (Å²) in [5.74, 6) is -0.0169. The molecule has 0 aliphatic carbocycles. The number of halogens is 1. The van der Waals surface area contributed by atoms with Gasteiger partial charge >= 0.3 is 0 Å². The number of imidazole rings is 1. The summed E-state index contributed by atoms with van der Waals surface area (Å²) >= 11 is 3.79. The van der Waals surface area contributed by atoms with Gasteiger partial charge in [-0.1, -0.05) is 0 Å². The lowest BCUT2D eigenvalue weighted by molar-refractivity contribution is 0.0937. The van der Waals surface area contributed by atoms with Crippen LogP contribution in [0.4, 0.5) is 0 Å². The Bertz CT molecular complexity index is 495. The number of carbonyl (C=O) groups excluding carboxylic acids is 1. The van der Waals surface area contributed by atoms with Crippen LogP contribution in [0.5, 0.6) is 0 Å². The second kappa shape index (κ2) is 5.63. The predicted octanol–water partition coefficient (Wildman–Crippen LogP) is 2.37. The van der Waals surface area contributed by atoms with Crippen molar-refractivity contribution in [1.82, 2.24) is 14.9 Å². The molecular weight excluding hydrogens is 349 g/mol. The molecule has 90 valence electrons. The highest BCUT2D eigenvalue weighted by molar-refractivity contribution is 14.1. The van der Waals surface area contributed by atoms with Gasteiger partial charge in [0.05, 0.1) is 14.8 Å². The van der Waals surface area contributed by atoms with Crippen molar-refractivity contribution in [2.75, 3.05) is 0 Å². The third kappa shape index (κ3) is 3.53. The van der Waals surface area contributed by atoms with Crippen LogP contribution >= 0.6 is 33.9 Å². The van der Waals surface area contributed by atoms with E-state index in [1.807, 2.05) is 29.1 Å². The van der Waals surface area contributed by atoms with Gasteiger partial charge < -0.3 is 9.88 Å². The smallest absolute Gasteiger partial charge is 0.252 e. The summed E-state index contributed by atoms with van der Waals surface area (Å²) in [5, 5.41) is 4.84. The highest BCUT2D eigenvalue weighted by Crippen LogP contribution is 2.16. The van der Waals surface area contributed by atoms with Gasteiger partial charge in [0.2, 0.25) is 0 Å². The second-order valence-electron chi connectivity index (χ2n) is 3.77. The molecule has 2 aromatic heterocycles. The summed E-state index contributed by atoms with van der Waals surface area (Å²) in [5.41, 5.74) is 0.733. The Kier molecular flexibility index (Phi) is 4.16. The van der Waals surface area contributed by atoms with Crippen molar-refractivity contribution < 1.29 is 4.79 Å². The number of nitrogens with zero attached hydrogens (tertiary/aromatic N) is 2. The number of rotatable bonds is 4. The number of carbonyl (C=O) groups is 1. The third-order valence-electron chi connectivity index (χ3n) is 2.25. The summed E-state index contributed by atoms with van der Waals surface area (Å²) in [6.45, 7) is 2.71. The Morgan fingerprint density at radius 1 is 1.71 bits per heavy atom. The topological polar surface area (TPSA) is 46.9 Å². The Morgan fingerprint density at radius 2 is 2.53 bits per heavy atom. The Labute approximate surface area is 117 Å². The highest BCUT2D eigenvalue weighted by atomic mass is 127. The molecule has 0 saturated carbocycles.